The lowest BCUT2D eigenvalue weighted by molar-refractivity contribution is -0.204. The Kier molecular flexibility index (Phi) is 14.4. The van der Waals surface area contributed by atoms with Gasteiger partial charge in [0.15, 0.2) is 5.60 Å². The number of nitrogens with one attached hydrogen (secondary N) is 2. The molecule has 2 saturated heterocycles. The third kappa shape index (κ3) is 8.23. The van der Waals surface area contributed by atoms with E-state index in [1.165, 1.54) is 35.6 Å². The number of carboxylic acid groups (broad SMARTS) is 1. The third-order valence-electron chi connectivity index (χ3n) is 17.5. The molecule has 72 heavy (non-hydrogen) atoms. The van der Waals surface area contributed by atoms with E-state index >= 15 is 4.79 Å². The molecular formula is C53H69N5O12S2. The van der Waals surface area contributed by atoms with Crippen LogP contribution in [0.15, 0.2) is 54.1 Å². The van der Waals surface area contributed by atoms with Crippen LogP contribution in [0.2, 0.25) is 0 Å². The van der Waals surface area contributed by atoms with E-state index in [1.807, 2.05) is 49.1 Å². The molecule has 2 aliphatic carbocycles. The standard InChI is InChI=1S/C53H69N5O12S2/c1-7-49(66)26-32-27-52(47(64)69-6,37-23-33-12-9-10-13-35(33)36(37)14-18-57(28-32)30-49)39-24-38-40(25-41(39)68-5)56(4)44-51(38)16-19-58-17-11-15-50(8-2,43(51)58)45(62)53(44,67)46(63)54-55-48(65)70-20-21-71-72-29-34(42(60)61)22-31(3)59/h9-13,15,24-25,32,34,43-45,62,66-67H,7-8,14,16-23,26-30H2,1-6H3,(H,54,63)(H,55,65)(H,60,61)/t32-,34+,43+,44-,45-,49+,50-,51-,52-,53+/m1/s1. The molecule has 2 amide bonds. The number of esters is 1. The van der Waals surface area contributed by atoms with Gasteiger partial charge in [0.25, 0.3) is 5.91 Å². The quantitative estimate of drug-likeness (QED) is 0.0478. The number of carbonyl (C=O) groups is 5. The van der Waals surface area contributed by atoms with E-state index in [-0.39, 0.29) is 36.2 Å². The molecule has 2 aromatic carbocycles. The van der Waals surface area contributed by atoms with E-state index in [4.69, 9.17) is 14.2 Å². The predicted octanol–water partition coefficient (Wildman–Crippen LogP) is 4.39. The Hall–Kier alpha value is -4.63. The zero-order chi connectivity index (χ0) is 51.5. The molecule has 2 bridgehead atoms. The number of hydrazine groups is 1. The number of methoxy groups -OCH3 is 2. The number of nitrogens with zero attached hydrogens (tertiary/aromatic N) is 3. The van der Waals surface area contributed by atoms with Gasteiger partial charge in [0.1, 0.15) is 29.7 Å². The number of Topliss-reactive ketones (excluding diaryl/α,β-unsaturated/α-hetero) is 1. The minimum Gasteiger partial charge on any atom is -0.496 e. The third-order valence-corrected chi connectivity index (χ3v) is 19.9. The molecule has 5 heterocycles. The first kappa shape index (κ1) is 52.2. The highest BCUT2D eigenvalue weighted by atomic mass is 33.1. The van der Waals surface area contributed by atoms with Crippen LogP contribution < -0.4 is 20.5 Å². The second kappa shape index (κ2) is 19.9. The minimum atomic E-state index is -2.55. The Morgan fingerprint density at radius 1 is 0.972 bits per heavy atom. The first-order valence-corrected chi connectivity index (χ1v) is 27.7. The van der Waals surface area contributed by atoms with Gasteiger partial charge in [0, 0.05) is 85.3 Å². The van der Waals surface area contributed by atoms with Crippen molar-refractivity contribution in [2.24, 2.45) is 17.3 Å². The molecule has 19 heteroatoms. The van der Waals surface area contributed by atoms with Gasteiger partial charge in [-0.3, -0.25) is 29.6 Å². The van der Waals surface area contributed by atoms with Crippen molar-refractivity contribution in [2.75, 3.05) is 77.0 Å². The Balaban J connectivity index is 1.11. The summed E-state index contributed by atoms with van der Waals surface area (Å²) >= 11 is 0. The molecule has 6 N–H and O–H groups in total. The molecular weight excluding hydrogens is 963 g/mol. The van der Waals surface area contributed by atoms with Crippen molar-refractivity contribution in [3.8, 4) is 5.75 Å². The number of benzene rings is 2. The number of hydrogen-bond acceptors (Lipinski definition) is 16. The number of carboxylic acids is 1. The number of anilines is 1. The fourth-order valence-corrected chi connectivity index (χ4v) is 16.7. The average Bonchev–Trinajstić information content (AvgIpc) is 4.03. The van der Waals surface area contributed by atoms with Gasteiger partial charge in [-0.1, -0.05) is 71.9 Å². The predicted molar refractivity (Wildman–Crippen MR) is 273 cm³/mol. The maximum Gasteiger partial charge on any atom is 0.426 e. The van der Waals surface area contributed by atoms with Crippen LogP contribution in [0.25, 0.3) is 5.57 Å². The maximum absolute atomic E-state index is 15.5. The monoisotopic (exact) mass is 1030 g/mol. The fraction of sp³-hybridized carbons (Fsp3) is 0.604. The number of aliphatic hydroxyl groups excluding tert-OH is 1. The number of aliphatic hydroxyl groups is 3. The first-order valence-electron chi connectivity index (χ1n) is 25.2. The van der Waals surface area contributed by atoms with Crippen LogP contribution in [0, 0.1) is 17.3 Å². The number of carbonyl (C=O) groups excluding carboxylic acids is 4. The number of likely N-dealkylation sites (N-methyl/N-ethyl adjacent to an activating group) is 1. The van der Waals surface area contributed by atoms with Gasteiger partial charge >= 0.3 is 18.0 Å². The van der Waals surface area contributed by atoms with Crippen LogP contribution in [0.5, 0.6) is 5.75 Å². The molecule has 2 aromatic rings. The summed E-state index contributed by atoms with van der Waals surface area (Å²) in [5.41, 5.74) is 3.93. The van der Waals surface area contributed by atoms with Crippen LogP contribution >= 0.6 is 21.6 Å². The molecule has 7 aliphatic rings. The second-order valence-electron chi connectivity index (χ2n) is 21.2. The summed E-state index contributed by atoms with van der Waals surface area (Å²) in [5, 5.41) is 47.8. The Labute approximate surface area is 428 Å². The van der Waals surface area contributed by atoms with Crippen molar-refractivity contribution in [1.29, 1.82) is 0 Å². The number of ether oxygens (including phenoxy) is 3. The number of amides is 2. The Morgan fingerprint density at radius 2 is 1.75 bits per heavy atom. The highest BCUT2D eigenvalue weighted by molar-refractivity contribution is 8.76. The lowest BCUT2D eigenvalue weighted by Crippen LogP contribution is -2.82. The minimum absolute atomic E-state index is 0.0770. The van der Waals surface area contributed by atoms with Gasteiger partial charge in [0.05, 0.1) is 31.8 Å². The number of aliphatic carboxylic acids is 1. The van der Waals surface area contributed by atoms with E-state index in [0.29, 0.717) is 94.7 Å². The molecule has 1 saturated carbocycles. The smallest absolute Gasteiger partial charge is 0.426 e. The van der Waals surface area contributed by atoms with Crippen molar-refractivity contribution >= 4 is 62.6 Å². The lowest BCUT2D eigenvalue weighted by atomic mass is 9.47. The van der Waals surface area contributed by atoms with E-state index < -0.39 is 75.5 Å². The molecule has 5 aliphatic heterocycles. The molecule has 1 unspecified atom stereocenters. The molecule has 0 radical (unpaired) electrons. The van der Waals surface area contributed by atoms with Crippen molar-refractivity contribution in [1.82, 2.24) is 20.7 Å². The molecule has 1 spiro atoms. The summed E-state index contributed by atoms with van der Waals surface area (Å²) in [6, 6.07) is 10.8. The molecule has 11 atom stereocenters. The normalized spacial score (nSPS) is 33.5. The van der Waals surface area contributed by atoms with Crippen LogP contribution in [0.4, 0.5) is 10.5 Å². The Bertz CT molecular complexity index is 2580. The molecule has 9 rings (SSSR count). The lowest BCUT2D eigenvalue weighted by Gasteiger charge is -2.63. The average molecular weight is 1030 g/mol. The molecule has 0 aromatic heterocycles. The van der Waals surface area contributed by atoms with Crippen LogP contribution in [0.1, 0.15) is 88.0 Å². The van der Waals surface area contributed by atoms with Gasteiger partial charge in [-0.25, -0.2) is 10.2 Å². The van der Waals surface area contributed by atoms with Crippen LogP contribution in [-0.4, -0.2) is 161 Å². The maximum atomic E-state index is 15.5. The highest BCUT2D eigenvalue weighted by Crippen LogP contribution is 2.68. The van der Waals surface area contributed by atoms with E-state index in [2.05, 4.69) is 38.9 Å². The van der Waals surface area contributed by atoms with Gasteiger partial charge in [-0.05, 0) is 98.2 Å². The van der Waals surface area contributed by atoms with Crippen LogP contribution in [-0.2, 0) is 45.9 Å². The van der Waals surface area contributed by atoms with E-state index in [9.17, 15) is 39.6 Å². The number of piperidine rings is 1. The summed E-state index contributed by atoms with van der Waals surface area (Å²) in [5.74, 6) is -2.80. The number of hydrogen-bond donors (Lipinski definition) is 6. The summed E-state index contributed by atoms with van der Waals surface area (Å²) in [6.07, 6.45) is 4.57. The van der Waals surface area contributed by atoms with Gasteiger partial charge in [-0.15, -0.1) is 0 Å². The first-order chi connectivity index (χ1) is 34.4. The fourth-order valence-electron chi connectivity index (χ4n) is 14.6. The number of ketones is 1. The van der Waals surface area contributed by atoms with Gasteiger partial charge in [-0.2, -0.15) is 0 Å². The molecule has 17 nitrogen and oxygen atoms in total. The zero-order valence-corrected chi connectivity index (χ0v) is 43.7. The van der Waals surface area contributed by atoms with E-state index in [1.54, 1.807) is 14.2 Å². The molecule has 3 fully saturated rings. The molecule has 390 valence electrons. The summed E-state index contributed by atoms with van der Waals surface area (Å²) < 4.78 is 17.7. The summed E-state index contributed by atoms with van der Waals surface area (Å²) in [7, 11) is 7.32. The van der Waals surface area contributed by atoms with Crippen molar-refractivity contribution < 1.29 is 58.6 Å². The zero-order valence-electron chi connectivity index (χ0n) is 42.0. The SMILES string of the molecule is CC[C@]1(O)C[C@H]2CN(CCC3=C(Cc4ccccc43)[C@@](C(=O)OC)(c3cc4c(cc3OC)N(C)[C@H]3[C@@](O)(C(=O)NNC(=O)OCCSSC[C@H](CC(C)=O)C(=O)O)[C@H](O)[C@]5(CC)C=CCN6CC[C@]43[C@@H]65)C2)C1. The second-order valence-corrected chi connectivity index (χ2v) is 23.8. The van der Waals surface area contributed by atoms with Crippen molar-refractivity contribution in [2.45, 2.75) is 112 Å². The van der Waals surface area contributed by atoms with Crippen molar-refractivity contribution in [3.05, 3.63) is 76.4 Å². The summed E-state index contributed by atoms with van der Waals surface area (Å²) in [6.45, 7) is 8.30. The van der Waals surface area contributed by atoms with Gasteiger partial charge in [0.2, 0.25) is 0 Å². The van der Waals surface area contributed by atoms with E-state index in [0.717, 1.165) is 27.8 Å². The highest BCUT2D eigenvalue weighted by Gasteiger charge is 2.79. The van der Waals surface area contributed by atoms with Gasteiger partial charge < -0.3 is 44.3 Å². The van der Waals surface area contributed by atoms with Crippen LogP contribution in [0.3, 0.4) is 0 Å². The number of fused-ring (bicyclic) bond motifs is 5. The number of rotatable bonds is 15. The largest absolute Gasteiger partial charge is 0.496 e. The topological polar surface area (TPSA) is 228 Å². The Morgan fingerprint density at radius 3 is 2.46 bits per heavy atom. The summed E-state index contributed by atoms with van der Waals surface area (Å²) in [4.78, 5) is 73.1. The van der Waals surface area contributed by atoms with Crippen molar-refractivity contribution in [3.63, 3.8) is 0 Å².